The van der Waals surface area contributed by atoms with Gasteiger partial charge in [0, 0.05) is 25.6 Å². The van der Waals surface area contributed by atoms with Crippen LogP contribution < -0.4 is 0 Å². The van der Waals surface area contributed by atoms with Crippen molar-refractivity contribution in [1.29, 1.82) is 0 Å². The first-order chi connectivity index (χ1) is 13.6. The molecule has 4 nitrogen and oxygen atoms in total. The zero-order chi connectivity index (χ0) is 20.0. The number of nitrogens with zero attached hydrogens (tertiary/aromatic N) is 1. The lowest BCUT2D eigenvalue weighted by Gasteiger charge is -2.38. The second-order valence-corrected chi connectivity index (χ2v) is 7.29. The second kappa shape index (κ2) is 9.22. The lowest BCUT2D eigenvalue weighted by Crippen LogP contribution is -2.52. The van der Waals surface area contributed by atoms with E-state index >= 15 is 0 Å². The first kappa shape index (κ1) is 20.4. The summed E-state index contributed by atoms with van der Waals surface area (Å²) < 4.78 is 11.4. The highest BCUT2D eigenvalue weighted by Crippen LogP contribution is 2.36. The van der Waals surface area contributed by atoms with Gasteiger partial charge in [0.15, 0.2) is 11.4 Å². The average molecular weight is 380 g/mol. The van der Waals surface area contributed by atoms with Crippen molar-refractivity contribution in [1.82, 2.24) is 4.90 Å². The smallest absolute Gasteiger partial charge is 0.172 e. The third kappa shape index (κ3) is 4.37. The normalized spacial score (nSPS) is 22.6. The molecule has 0 bridgehead atoms. The summed E-state index contributed by atoms with van der Waals surface area (Å²) in [7, 11) is 1.54. The number of methoxy groups -OCH3 is 1. The van der Waals surface area contributed by atoms with E-state index in [9.17, 15) is 5.11 Å². The molecule has 2 aromatic rings. The molecule has 1 fully saturated rings. The third-order valence-electron chi connectivity index (χ3n) is 5.48. The molecule has 28 heavy (non-hydrogen) atoms. The Morgan fingerprint density at radius 2 is 1.71 bits per heavy atom. The van der Waals surface area contributed by atoms with Crippen LogP contribution in [0.5, 0.6) is 0 Å². The topological polar surface area (TPSA) is 41.9 Å². The first-order valence-corrected chi connectivity index (χ1v) is 9.69. The van der Waals surface area contributed by atoms with Crippen LogP contribution in [-0.4, -0.2) is 41.5 Å². The number of benzene rings is 2. The van der Waals surface area contributed by atoms with Crippen LogP contribution in [-0.2, 0) is 22.6 Å². The molecule has 0 saturated carbocycles. The summed E-state index contributed by atoms with van der Waals surface area (Å²) in [5.41, 5.74) is 3.97. The molecule has 4 heteroatoms. The minimum atomic E-state index is -1.22. The molecule has 3 atom stereocenters. The zero-order valence-corrected chi connectivity index (χ0v) is 16.7. The van der Waals surface area contributed by atoms with Crippen LogP contribution >= 0.6 is 0 Å². The molecule has 0 spiro atoms. The highest BCUT2D eigenvalue weighted by Gasteiger charge is 2.50. The van der Waals surface area contributed by atoms with Crippen molar-refractivity contribution in [3.05, 3.63) is 89.9 Å². The van der Waals surface area contributed by atoms with Crippen molar-refractivity contribution in [3.63, 3.8) is 0 Å². The van der Waals surface area contributed by atoms with Crippen molar-refractivity contribution < 1.29 is 14.6 Å². The van der Waals surface area contributed by atoms with Gasteiger partial charge in [0.05, 0.1) is 13.7 Å². The van der Waals surface area contributed by atoms with Gasteiger partial charge in [0.1, 0.15) is 6.10 Å². The van der Waals surface area contributed by atoms with Crippen LogP contribution in [0.15, 0.2) is 78.7 Å². The number of hydrogen-bond acceptors (Lipinski definition) is 4. The summed E-state index contributed by atoms with van der Waals surface area (Å²) in [6.45, 7) is 7.77. The molecule has 1 aliphatic heterocycles. The largest absolute Gasteiger partial charge is 0.490 e. The van der Waals surface area contributed by atoms with E-state index in [4.69, 9.17) is 9.47 Å². The Kier molecular flexibility index (Phi) is 6.71. The fourth-order valence-corrected chi connectivity index (χ4v) is 3.98. The summed E-state index contributed by atoms with van der Waals surface area (Å²) in [6, 6.07) is 20.7. The van der Waals surface area contributed by atoms with E-state index in [2.05, 4.69) is 48.4 Å². The molecule has 0 aliphatic carbocycles. The maximum Gasteiger partial charge on any atom is 0.172 e. The van der Waals surface area contributed by atoms with Crippen LogP contribution in [0.1, 0.15) is 24.5 Å². The molecular weight excluding hydrogens is 350 g/mol. The maximum absolute atomic E-state index is 11.3. The predicted molar refractivity (Wildman–Crippen MR) is 111 cm³/mol. The van der Waals surface area contributed by atoms with Crippen molar-refractivity contribution in [3.8, 4) is 0 Å². The van der Waals surface area contributed by atoms with Gasteiger partial charge in [-0.05, 0) is 18.1 Å². The average Bonchev–Trinajstić information content (AvgIpc) is 3.11. The Morgan fingerprint density at radius 3 is 2.18 bits per heavy atom. The van der Waals surface area contributed by atoms with Crippen molar-refractivity contribution in [2.24, 2.45) is 0 Å². The van der Waals surface area contributed by atoms with Gasteiger partial charge < -0.3 is 14.6 Å². The summed E-state index contributed by atoms with van der Waals surface area (Å²) in [5, 5.41) is 11.3. The van der Waals surface area contributed by atoms with Crippen molar-refractivity contribution >= 4 is 0 Å². The lowest BCUT2D eigenvalue weighted by atomic mass is 9.88. The highest BCUT2D eigenvalue weighted by atomic mass is 16.5. The van der Waals surface area contributed by atoms with Gasteiger partial charge in [0.25, 0.3) is 0 Å². The molecule has 1 aliphatic rings. The van der Waals surface area contributed by atoms with Crippen LogP contribution in [0.2, 0.25) is 0 Å². The molecule has 0 amide bonds. The minimum absolute atomic E-state index is 0.0496. The molecule has 0 unspecified atom stereocenters. The van der Waals surface area contributed by atoms with E-state index in [0.29, 0.717) is 18.8 Å². The van der Waals surface area contributed by atoms with Gasteiger partial charge in [-0.15, -0.1) is 0 Å². The van der Waals surface area contributed by atoms with E-state index in [0.717, 1.165) is 13.1 Å². The van der Waals surface area contributed by atoms with Gasteiger partial charge in [-0.1, -0.05) is 73.0 Å². The molecular formula is C24H29NO3. The number of rotatable bonds is 8. The second-order valence-electron chi connectivity index (χ2n) is 7.29. The maximum atomic E-state index is 11.3. The van der Waals surface area contributed by atoms with Gasteiger partial charge in [-0.25, -0.2) is 0 Å². The Labute approximate surface area is 167 Å². The molecule has 1 saturated heterocycles. The fourth-order valence-electron chi connectivity index (χ4n) is 3.98. The van der Waals surface area contributed by atoms with E-state index in [1.54, 1.807) is 0 Å². The molecule has 0 aromatic heterocycles. The molecule has 3 rings (SSSR count). The monoisotopic (exact) mass is 379 g/mol. The number of aliphatic hydroxyl groups is 1. The molecule has 148 valence electrons. The molecule has 1 heterocycles. The predicted octanol–water partition coefficient (Wildman–Crippen LogP) is 3.91. The van der Waals surface area contributed by atoms with Crippen molar-refractivity contribution in [2.45, 2.75) is 44.2 Å². The van der Waals surface area contributed by atoms with Gasteiger partial charge in [-0.3, -0.25) is 4.90 Å². The first-order valence-electron chi connectivity index (χ1n) is 9.69. The zero-order valence-electron chi connectivity index (χ0n) is 16.7. The number of ether oxygens (including phenoxy) is 2. The van der Waals surface area contributed by atoms with Crippen LogP contribution in [0, 0.1) is 0 Å². The molecule has 1 N–H and O–H groups in total. The Morgan fingerprint density at radius 1 is 1.18 bits per heavy atom. The van der Waals surface area contributed by atoms with Crippen LogP contribution in [0.4, 0.5) is 0 Å². The summed E-state index contributed by atoms with van der Waals surface area (Å²) in [4.78, 5) is 2.34. The van der Waals surface area contributed by atoms with Gasteiger partial charge in [-0.2, -0.15) is 0 Å². The van der Waals surface area contributed by atoms with E-state index in [1.807, 2.05) is 36.4 Å². The quantitative estimate of drug-likeness (QED) is 0.558. The Bertz CT molecular complexity index is 760. The summed E-state index contributed by atoms with van der Waals surface area (Å²) in [6.07, 6.45) is 0.0437. The molecule has 2 aromatic carbocycles. The van der Waals surface area contributed by atoms with Crippen LogP contribution in [0.25, 0.3) is 0 Å². The molecule has 0 radical (unpaired) electrons. The third-order valence-corrected chi connectivity index (χ3v) is 5.48. The Balaban J connectivity index is 1.88. The summed E-state index contributed by atoms with van der Waals surface area (Å²) >= 11 is 0. The van der Waals surface area contributed by atoms with E-state index < -0.39 is 11.7 Å². The number of hydrogen-bond donors (Lipinski definition) is 1. The Hall–Kier alpha value is -2.36. The highest BCUT2D eigenvalue weighted by molar-refractivity contribution is 5.20. The van der Waals surface area contributed by atoms with Crippen molar-refractivity contribution in [2.75, 3.05) is 13.7 Å². The minimum Gasteiger partial charge on any atom is -0.490 e. The van der Waals surface area contributed by atoms with Crippen LogP contribution in [0.3, 0.4) is 0 Å². The van der Waals surface area contributed by atoms with E-state index in [1.165, 1.54) is 18.2 Å². The van der Waals surface area contributed by atoms with E-state index in [-0.39, 0.29) is 6.04 Å². The summed E-state index contributed by atoms with van der Waals surface area (Å²) in [5.74, 6) is 0.348. The lowest BCUT2D eigenvalue weighted by molar-refractivity contribution is -0.0804. The van der Waals surface area contributed by atoms with Gasteiger partial charge >= 0.3 is 0 Å². The van der Waals surface area contributed by atoms with Gasteiger partial charge in [0.2, 0.25) is 0 Å². The fraction of sp³-hybridized carbons (Fsp3) is 0.375. The SMILES string of the molecule is C=C=C(OC)[C@]1(O)CCO[C@H]1[C@H](C)N(Cc1ccccc1)Cc1ccccc1. The standard InChI is InChI=1S/C24H29NO3/c1-4-22(27-3)24(26)15-16-28-23(24)19(2)25(17-20-11-7-5-8-12-20)18-21-13-9-6-10-14-21/h5-14,19,23,26H,1,15-18H2,2-3H3/t19-,23-,24+/m0/s1.